The monoisotopic (exact) mass is 337 g/mol. The van der Waals surface area contributed by atoms with Crippen LogP contribution in [-0.4, -0.2) is 34.0 Å². The Kier molecular flexibility index (Phi) is 4.70. The van der Waals surface area contributed by atoms with Crippen LogP contribution in [0.1, 0.15) is 29.8 Å². The summed E-state index contributed by atoms with van der Waals surface area (Å²) >= 11 is 0. The average Bonchev–Trinajstić information content (AvgIpc) is 3.01. The standard InChI is InChI=1S/C19H23N5O/c1-5-13-9-14(19(25)20-6-2)7-8-16(13)24(4)18-10-17-15(11-21-18)22-12-23(17)3/h7-12H,5-6H2,1-4H3,(H,20,25). The zero-order chi connectivity index (χ0) is 18.0. The molecule has 0 atom stereocenters. The molecule has 0 aliphatic heterocycles. The SMILES string of the molecule is CCNC(=O)c1ccc(N(C)c2cc3c(cn2)ncn3C)c(CC)c1. The van der Waals surface area contributed by atoms with E-state index in [0.717, 1.165) is 34.5 Å². The Morgan fingerprint density at radius 2 is 2.04 bits per heavy atom. The third kappa shape index (κ3) is 3.20. The molecule has 0 aliphatic carbocycles. The van der Waals surface area contributed by atoms with E-state index in [1.165, 1.54) is 0 Å². The second-order valence-corrected chi connectivity index (χ2v) is 6.00. The summed E-state index contributed by atoms with van der Waals surface area (Å²) in [7, 11) is 3.96. The number of nitrogens with one attached hydrogen (secondary N) is 1. The van der Waals surface area contributed by atoms with Crippen molar-refractivity contribution in [2.75, 3.05) is 18.5 Å². The van der Waals surface area contributed by atoms with E-state index >= 15 is 0 Å². The number of rotatable bonds is 5. The van der Waals surface area contributed by atoms with E-state index in [2.05, 4.69) is 22.2 Å². The van der Waals surface area contributed by atoms with Gasteiger partial charge >= 0.3 is 0 Å². The van der Waals surface area contributed by atoms with Gasteiger partial charge in [-0.3, -0.25) is 4.79 Å². The zero-order valence-corrected chi connectivity index (χ0v) is 15.1. The fourth-order valence-electron chi connectivity index (χ4n) is 2.93. The number of anilines is 2. The maximum absolute atomic E-state index is 12.1. The molecule has 0 bridgehead atoms. The van der Waals surface area contributed by atoms with Gasteiger partial charge in [0.05, 0.1) is 18.0 Å². The number of hydrogen-bond donors (Lipinski definition) is 1. The summed E-state index contributed by atoms with van der Waals surface area (Å²) in [5, 5.41) is 2.84. The van der Waals surface area contributed by atoms with Gasteiger partial charge in [-0.05, 0) is 37.1 Å². The summed E-state index contributed by atoms with van der Waals surface area (Å²) in [6.07, 6.45) is 4.41. The van der Waals surface area contributed by atoms with Gasteiger partial charge in [0.1, 0.15) is 11.3 Å². The second kappa shape index (κ2) is 6.93. The Morgan fingerprint density at radius 1 is 1.24 bits per heavy atom. The second-order valence-electron chi connectivity index (χ2n) is 6.00. The first-order valence-corrected chi connectivity index (χ1v) is 8.47. The van der Waals surface area contributed by atoms with Crippen molar-refractivity contribution >= 4 is 28.4 Å². The minimum atomic E-state index is -0.0409. The number of aromatic nitrogens is 3. The largest absolute Gasteiger partial charge is 0.352 e. The van der Waals surface area contributed by atoms with E-state index in [1.807, 2.05) is 54.8 Å². The van der Waals surface area contributed by atoms with E-state index < -0.39 is 0 Å². The maximum atomic E-state index is 12.1. The van der Waals surface area contributed by atoms with Gasteiger partial charge in [0.25, 0.3) is 5.91 Å². The predicted octanol–water partition coefficient (Wildman–Crippen LogP) is 3.05. The van der Waals surface area contributed by atoms with Crippen LogP contribution in [-0.2, 0) is 13.5 Å². The van der Waals surface area contributed by atoms with Crippen molar-refractivity contribution in [2.45, 2.75) is 20.3 Å². The van der Waals surface area contributed by atoms with Crippen LogP contribution < -0.4 is 10.2 Å². The molecule has 2 aromatic heterocycles. The zero-order valence-electron chi connectivity index (χ0n) is 15.1. The maximum Gasteiger partial charge on any atom is 0.251 e. The van der Waals surface area contributed by atoms with Crippen LogP contribution in [0.3, 0.4) is 0 Å². The van der Waals surface area contributed by atoms with Crippen molar-refractivity contribution in [3.8, 4) is 0 Å². The Labute approximate surface area is 147 Å². The number of benzene rings is 1. The molecule has 3 rings (SSSR count). The van der Waals surface area contributed by atoms with Gasteiger partial charge in [-0.15, -0.1) is 0 Å². The van der Waals surface area contributed by atoms with E-state index in [1.54, 1.807) is 12.5 Å². The van der Waals surface area contributed by atoms with Crippen LogP contribution in [0.4, 0.5) is 11.5 Å². The number of fused-ring (bicyclic) bond motifs is 1. The molecule has 0 radical (unpaired) electrons. The Bertz CT molecular complexity index is 915. The molecule has 0 fully saturated rings. The molecule has 1 N–H and O–H groups in total. The fourth-order valence-corrected chi connectivity index (χ4v) is 2.93. The van der Waals surface area contributed by atoms with Crippen LogP contribution in [0.5, 0.6) is 0 Å². The first-order chi connectivity index (χ1) is 12.0. The van der Waals surface area contributed by atoms with Crippen molar-refractivity contribution < 1.29 is 4.79 Å². The van der Waals surface area contributed by atoms with Crippen LogP contribution in [0, 0.1) is 0 Å². The highest BCUT2D eigenvalue weighted by molar-refractivity contribution is 5.95. The molecule has 0 spiro atoms. The Morgan fingerprint density at radius 3 is 2.76 bits per heavy atom. The van der Waals surface area contributed by atoms with E-state index in [9.17, 15) is 4.79 Å². The molecule has 0 saturated carbocycles. The fraction of sp³-hybridized carbons (Fsp3) is 0.316. The van der Waals surface area contributed by atoms with Gasteiger partial charge in [0.15, 0.2) is 0 Å². The first-order valence-electron chi connectivity index (χ1n) is 8.47. The lowest BCUT2D eigenvalue weighted by molar-refractivity contribution is 0.0955. The summed E-state index contributed by atoms with van der Waals surface area (Å²) in [6.45, 7) is 4.63. The van der Waals surface area contributed by atoms with Crippen molar-refractivity contribution in [2.24, 2.45) is 7.05 Å². The predicted molar refractivity (Wildman–Crippen MR) is 100 cm³/mol. The molecule has 3 aromatic rings. The van der Waals surface area contributed by atoms with Gasteiger partial charge in [-0.1, -0.05) is 6.92 Å². The molecular formula is C19H23N5O. The highest BCUT2D eigenvalue weighted by Gasteiger charge is 2.14. The molecule has 6 nitrogen and oxygen atoms in total. The first kappa shape index (κ1) is 17.0. The number of imidazole rings is 1. The van der Waals surface area contributed by atoms with Gasteiger partial charge in [0, 0.05) is 38.0 Å². The molecule has 1 amide bonds. The summed E-state index contributed by atoms with van der Waals surface area (Å²) < 4.78 is 1.98. The summed E-state index contributed by atoms with van der Waals surface area (Å²) in [5.41, 5.74) is 4.75. The molecule has 6 heteroatoms. The third-order valence-corrected chi connectivity index (χ3v) is 4.36. The van der Waals surface area contributed by atoms with Crippen molar-refractivity contribution in [3.63, 3.8) is 0 Å². The topological polar surface area (TPSA) is 63.1 Å². The number of carbonyl (C=O) groups excluding carboxylic acids is 1. The van der Waals surface area contributed by atoms with Crippen molar-refractivity contribution in [3.05, 3.63) is 47.9 Å². The minimum Gasteiger partial charge on any atom is -0.352 e. The van der Waals surface area contributed by atoms with Gasteiger partial charge in [-0.25, -0.2) is 9.97 Å². The minimum absolute atomic E-state index is 0.0409. The van der Waals surface area contributed by atoms with Gasteiger partial charge < -0.3 is 14.8 Å². The molecule has 130 valence electrons. The Balaban J connectivity index is 1.98. The van der Waals surface area contributed by atoms with Crippen LogP contribution >= 0.6 is 0 Å². The molecular weight excluding hydrogens is 314 g/mol. The number of carbonyl (C=O) groups is 1. The Hall–Kier alpha value is -2.89. The molecule has 25 heavy (non-hydrogen) atoms. The normalized spacial score (nSPS) is 10.9. The lowest BCUT2D eigenvalue weighted by Gasteiger charge is -2.22. The van der Waals surface area contributed by atoms with Gasteiger partial charge in [-0.2, -0.15) is 0 Å². The number of hydrogen-bond acceptors (Lipinski definition) is 4. The average molecular weight is 337 g/mol. The summed E-state index contributed by atoms with van der Waals surface area (Å²) in [4.78, 5) is 23.0. The molecule has 0 saturated heterocycles. The number of aryl methyl sites for hydroxylation is 2. The highest BCUT2D eigenvalue weighted by Crippen LogP contribution is 2.28. The quantitative estimate of drug-likeness (QED) is 0.777. The molecule has 1 aromatic carbocycles. The van der Waals surface area contributed by atoms with Crippen LogP contribution in [0.2, 0.25) is 0 Å². The van der Waals surface area contributed by atoms with E-state index in [4.69, 9.17) is 0 Å². The molecule has 0 aliphatic rings. The number of amides is 1. The lowest BCUT2D eigenvalue weighted by Crippen LogP contribution is -2.23. The van der Waals surface area contributed by atoms with Crippen molar-refractivity contribution in [1.82, 2.24) is 19.9 Å². The van der Waals surface area contributed by atoms with Crippen LogP contribution in [0.15, 0.2) is 36.8 Å². The van der Waals surface area contributed by atoms with Gasteiger partial charge in [0.2, 0.25) is 0 Å². The summed E-state index contributed by atoms with van der Waals surface area (Å²) in [5.74, 6) is 0.803. The smallest absolute Gasteiger partial charge is 0.251 e. The summed E-state index contributed by atoms with van der Waals surface area (Å²) in [6, 6.07) is 7.83. The van der Waals surface area contributed by atoms with Crippen LogP contribution in [0.25, 0.3) is 11.0 Å². The van der Waals surface area contributed by atoms with Crippen molar-refractivity contribution in [1.29, 1.82) is 0 Å². The lowest BCUT2D eigenvalue weighted by atomic mass is 10.0. The number of nitrogens with zero attached hydrogens (tertiary/aromatic N) is 4. The molecule has 2 heterocycles. The third-order valence-electron chi connectivity index (χ3n) is 4.36. The molecule has 0 unspecified atom stereocenters. The highest BCUT2D eigenvalue weighted by atomic mass is 16.1. The van der Waals surface area contributed by atoms with E-state index in [-0.39, 0.29) is 5.91 Å². The number of pyridine rings is 1. The van der Waals surface area contributed by atoms with E-state index in [0.29, 0.717) is 12.1 Å².